The van der Waals surface area contributed by atoms with E-state index in [2.05, 4.69) is 42.7 Å². The van der Waals surface area contributed by atoms with E-state index in [1.807, 2.05) is 43.5 Å². The van der Waals surface area contributed by atoms with E-state index in [1.165, 1.54) is 17.3 Å². The molecular formula is C26H31N3O3S2. The van der Waals surface area contributed by atoms with Crippen LogP contribution in [0.3, 0.4) is 0 Å². The summed E-state index contributed by atoms with van der Waals surface area (Å²) in [5.74, 6) is 0.420. The number of amides is 1. The Kier molecular flexibility index (Phi) is 7.19. The fourth-order valence-electron chi connectivity index (χ4n) is 4.40. The maximum absolute atomic E-state index is 13.2. The van der Waals surface area contributed by atoms with Gasteiger partial charge in [-0.2, -0.15) is 0 Å². The van der Waals surface area contributed by atoms with Gasteiger partial charge < -0.3 is 4.90 Å². The summed E-state index contributed by atoms with van der Waals surface area (Å²) in [5, 5.41) is 0.324. The average Bonchev–Trinajstić information content (AvgIpc) is 3.41. The summed E-state index contributed by atoms with van der Waals surface area (Å²) in [5.41, 5.74) is 4.26. The zero-order valence-corrected chi connectivity index (χ0v) is 21.6. The Labute approximate surface area is 206 Å². The summed E-state index contributed by atoms with van der Waals surface area (Å²) in [6.45, 7) is 6.20. The number of hydrogen-bond acceptors (Lipinski definition) is 5. The Morgan fingerprint density at radius 1 is 1.09 bits per heavy atom. The van der Waals surface area contributed by atoms with Crippen molar-refractivity contribution in [3.05, 3.63) is 66.4 Å². The molecule has 1 saturated heterocycles. The van der Waals surface area contributed by atoms with Crippen LogP contribution in [0.2, 0.25) is 0 Å². The molecule has 8 heteroatoms. The highest BCUT2D eigenvalue weighted by molar-refractivity contribution is 8.00. The van der Waals surface area contributed by atoms with Crippen molar-refractivity contribution in [1.29, 1.82) is 0 Å². The fraction of sp³-hybridized carbons (Fsp3) is 0.385. The number of aromatic nitrogens is 2. The molecule has 2 aromatic carbocycles. The van der Waals surface area contributed by atoms with Crippen LogP contribution in [0.25, 0.3) is 16.9 Å². The topological polar surface area (TPSA) is 72.3 Å². The quantitative estimate of drug-likeness (QED) is 0.439. The van der Waals surface area contributed by atoms with Gasteiger partial charge in [0, 0.05) is 18.7 Å². The average molecular weight is 498 g/mol. The molecular weight excluding hydrogens is 466 g/mol. The molecule has 34 heavy (non-hydrogen) atoms. The molecule has 1 fully saturated rings. The summed E-state index contributed by atoms with van der Waals surface area (Å²) >= 11 is 1.41. The van der Waals surface area contributed by atoms with E-state index in [4.69, 9.17) is 4.98 Å². The van der Waals surface area contributed by atoms with Gasteiger partial charge in [0.1, 0.15) is 0 Å². The maximum atomic E-state index is 13.2. The lowest BCUT2D eigenvalue weighted by Gasteiger charge is -2.26. The zero-order valence-electron chi connectivity index (χ0n) is 20.0. The molecule has 0 radical (unpaired) electrons. The molecule has 4 rings (SSSR count). The van der Waals surface area contributed by atoms with Gasteiger partial charge in [0.25, 0.3) is 0 Å². The lowest BCUT2D eigenvalue weighted by Crippen LogP contribution is -2.41. The van der Waals surface area contributed by atoms with Crippen LogP contribution in [0, 0.1) is 0 Å². The molecule has 0 N–H and O–H groups in total. The summed E-state index contributed by atoms with van der Waals surface area (Å²) in [7, 11) is -1.35. The minimum Gasteiger partial charge on any atom is -0.341 e. The van der Waals surface area contributed by atoms with Crippen LogP contribution in [-0.2, 0) is 14.6 Å². The molecule has 0 bridgehead atoms. The van der Waals surface area contributed by atoms with E-state index in [0.717, 1.165) is 22.1 Å². The monoisotopic (exact) mass is 497 g/mol. The number of sulfone groups is 1. The molecule has 1 aliphatic heterocycles. The number of para-hydroxylation sites is 1. The predicted molar refractivity (Wildman–Crippen MR) is 138 cm³/mol. The molecule has 3 aromatic rings. The highest BCUT2D eigenvalue weighted by Crippen LogP contribution is 2.35. The molecule has 180 valence electrons. The van der Waals surface area contributed by atoms with Gasteiger partial charge in [-0.3, -0.25) is 9.36 Å². The third-order valence-electron chi connectivity index (χ3n) is 6.33. The number of rotatable bonds is 7. The molecule has 1 aliphatic rings. The third kappa shape index (κ3) is 5.08. The molecule has 0 spiro atoms. The Hall–Kier alpha value is -2.58. The Morgan fingerprint density at radius 2 is 1.76 bits per heavy atom. The SMILES string of the molecule is CC(C)c1ccccc1-n1c(-c2ccccc2)cnc1S[C@H](C)C(=O)N(C)[C@H]1CCS(=O)(=O)C1. The fourth-order valence-corrected chi connectivity index (χ4v) is 7.17. The van der Waals surface area contributed by atoms with E-state index >= 15 is 0 Å². The van der Waals surface area contributed by atoms with Gasteiger partial charge in [-0.25, -0.2) is 13.4 Å². The van der Waals surface area contributed by atoms with Crippen LogP contribution < -0.4 is 0 Å². The zero-order chi connectivity index (χ0) is 24.5. The van der Waals surface area contributed by atoms with Crippen LogP contribution in [0.4, 0.5) is 0 Å². The number of nitrogens with zero attached hydrogens (tertiary/aromatic N) is 3. The Balaban J connectivity index is 1.69. The molecule has 0 saturated carbocycles. The van der Waals surface area contributed by atoms with Crippen molar-refractivity contribution < 1.29 is 13.2 Å². The van der Waals surface area contributed by atoms with E-state index < -0.39 is 15.1 Å². The third-order valence-corrected chi connectivity index (χ3v) is 9.14. The number of benzene rings is 2. The normalized spacial score (nSPS) is 18.2. The maximum Gasteiger partial charge on any atom is 0.235 e. The van der Waals surface area contributed by atoms with E-state index in [1.54, 1.807) is 11.9 Å². The molecule has 2 atom stereocenters. The molecule has 0 aliphatic carbocycles. The Morgan fingerprint density at radius 3 is 2.41 bits per heavy atom. The minimum absolute atomic E-state index is 0.0428. The number of thioether (sulfide) groups is 1. The number of carbonyl (C=O) groups excluding carboxylic acids is 1. The highest BCUT2D eigenvalue weighted by atomic mass is 32.2. The summed E-state index contributed by atoms with van der Waals surface area (Å²) in [6, 6.07) is 18.1. The second kappa shape index (κ2) is 9.96. The van der Waals surface area contributed by atoms with E-state index in [9.17, 15) is 13.2 Å². The number of hydrogen-bond donors (Lipinski definition) is 0. The van der Waals surface area contributed by atoms with Crippen molar-refractivity contribution >= 4 is 27.5 Å². The molecule has 1 amide bonds. The van der Waals surface area contributed by atoms with Gasteiger partial charge >= 0.3 is 0 Å². The first-order chi connectivity index (χ1) is 16.2. The largest absolute Gasteiger partial charge is 0.341 e. The lowest BCUT2D eigenvalue weighted by molar-refractivity contribution is -0.130. The second-order valence-electron chi connectivity index (χ2n) is 9.11. The molecule has 0 unspecified atom stereocenters. The first-order valence-electron chi connectivity index (χ1n) is 11.5. The number of imidazole rings is 1. The second-order valence-corrected chi connectivity index (χ2v) is 12.6. The van der Waals surface area contributed by atoms with Gasteiger partial charge in [0.15, 0.2) is 15.0 Å². The first-order valence-corrected chi connectivity index (χ1v) is 14.2. The first kappa shape index (κ1) is 24.5. The molecule has 6 nitrogen and oxygen atoms in total. The molecule has 1 aromatic heterocycles. The van der Waals surface area contributed by atoms with Crippen molar-refractivity contribution in [2.45, 2.75) is 49.6 Å². The summed E-state index contributed by atoms with van der Waals surface area (Å²) in [4.78, 5) is 19.6. The van der Waals surface area contributed by atoms with Crippen molar-refractivity contribution in [1.82, 2.24) is 14.5 Å². The van der Waals surface area contributed by atoms with Crippen LogP contribution >= 0.6 is 11.8 Å². The molecule has 2 heterocycles. The summed E-state index contributed by atoms with van der Waals surface area (Å²) in [6.07, 6.45) is 2.36. The van der Waals surface area contributed by atoms with Crippen molar-refractivity contribution in [2.75, 3.05) is 18.6 Å². The van der Waals surface area contributed by atoms with Crippen LogP contribution in [-0.4, -0.2) is 58.6 Å². The van der Waals surface area contributed by atoms with E-state index in [0.29, 0.717) is 12.3 Å². The van der Waals surface area contributed by atoms with Crippen LogP contribution in [0.15, 0.2) is 66.0 Å². The van der Waals surface area contributed by atoms with Crippen molar-refractivity contribution in [2.24, 2.45) is 0 Å². The van der Waals surface area contributed by atoms with Gasteiger partial charge in [-0.05, 0) is 30.9 Å². The van der Waals surface area contributed by atoms with Crippen LogP contribution in [0.5, 0.6) is 0 Å². The van der Waals surface area contributed by atoms with Gasteiger partial charge in [-0.1, -0.05) is 74.1 Å². The predicted octanol–water partition coefficient (Wildman–Crippen LogP) is 4.79. The van der Waals surface area contributed by atoms with Gasteiger partial charge in [0.05, 0.1) is 34.3 Å². The van der Waals surface area contributed by atoms with Crippen molar-refractivity contribution in [3.8, 4) is 16.9 Å². The van der Waals surface area contributed by atoms with Gasteiger partial charge in [-0.15, -0.1) is 0 Å². The van der Waals surface area contributed by atoms with E-state index in [-0.39, 0.29) is 23.5 Å². The minimum atomic E-state index is -3.06. The van der Waals surface area contributed by atoms with Gasteiger partial charge in [0.2, 0.25) is 5.91 Å². The van der Waals surface area contributed by atoms with Crippen LogP contribution in [0.1, 0.15) is 38.7 Å². The lowest BCUT2D eigenvalue weighted by atomic mass is 10.0. The Bertz CT molecular complexity index is 1270. The smallest absolute Gasteiger partial charge is 0.235 e. The highest BCUT2D eigenvalue weighted by Gasteiger charge is 2.34. The standard InChI is InChI=1S/C26H31N3O3S2/c1-18(2)22-12-8-9-13-23(22)29-24(20-10-6-5-7-11-20)16-27-26(29)33-19(3)25(30)28(4)21-14-15-34(31,32)17-21/h5-13,16,18-19,21H,14-15,17H2,1-4H3/t19-,21+/m1/s1. The van der Waals surface area contributed by atoms with Crippen molar-refractivity contribution in [3.63, 3.8) is 0 Å². The summed E-state index contributed by atoms with van der Waals surface area (Å²) < 4.78 is 25.9. The number of carbonyl (C=O) groups is 1.